The molecule has 1 rings (SSSR count). The third-order valence-corrected chi connectivity index (χ3v) is 3.45. The summed E-state index contributed by atoms with van der Waals surface area (Å²) in [6.45, 7) is 4.16. The van der Waals surface area contributed by atoms with Crippen LogP contribution in [0.15, 0.2) is 18.2 Å². The highest BCUT2D eigenvalue weighted by Crippen LogP contribution is 2.25. The van der Waals surface area contributed by atoms with Gasteiger partial charge in [0.05, 0.1) is 17.2 Å². The van der Waals surface area contributed by atoms with Gasteiger partial charge in [-0.2, -0.15) is 0 Å². The van der Waals surface area contributed by atoms with E-state index in [0.717, 1.165) is 17.3 Å². The first-order valence-electron chi connectivity index (χ1n) is 5.85. The van der Waals surface area contributed by atoms with Crippen LogP contribution in [0.1, 0.15) is 12.5 Å². The van der Waals surface area contributed by atoms with E-state index in [2.05, 4.69) is 0 Å². The summed E-state index contributed by atoms with van der Waals surface area (Å²) in [6.07, 6.45) is 0. The molecule has 0 aliphatic rings. The van der Waals surface area contributed by atoms with Crippen molar-refractivity contribution in [2.75, 3.05) is 23.0 Å². The topological polar surface area (TPSA) is 77.8 Å². The number of aromatic hydroxyl groups is 1. The molecule has 0 spiro atoms. The van der Waals surface area contributed by atoms with Gasteiger partial charge in [-0.25, -0.2) is 0 Å². The smallest absolute Gasteiger partial charge is 0.313 e. The molecule has 2 N–H and O–H groups in total. The molecular formula is C13H17NO4S. The number of carboxylic acid groups (broad SMARTS) is 1. The molecule has 5 nitrogen and oxygen atoms in total. The maximum Gasteiger partial charge on any atom is 0.313 e. The van der Waals surface area contributed by atoms with E-state index in [1.165, 1.54) is 0 Å². The van der Waals surface area contributed by atoms with E-state index in [0.29, 0.717) is 12.2 Å². The molecule has 1 aromatic carbocycles. The highest BCUT2D eigenvalue weighted by molar-refractivity contribution is 8.00. The zero-order valence-corrected chi connectivity index (χ0v) is 11.7. The Labute approximate surface area is 116 Å². The first kappa shape index (κ1) is 15.4. The number of phenolic OH excluding ortho intramolecular Hbond substituents is 1. The molecule has 0 unspecified atom stereocenters. The van der Waals surface area contributed by atoms with Gasteiger partial charge in [-0.05, 0) is 25.5 Å². The fourth-order valence-corrected chi connectivity index (χ4v) is 2.28. The number of carbonyl (C=O) groups excluding carboxylic acids is 1. The molecule has 19 heavy (non-hydrogen) atoms. The first-order valence-corrected chi connectivity index (χ1v) is 7.00. The Morgan fingerprint density at radius 2 is 2.00 bits per heavy atom. The van der Waals surface area contributed by atoms with Crippen LogP contribution in [0.25, 0.3) is 0 Å². The highest BCUT2D eigenvalue weighted by atomic mass is 32.2. The average Bonchev–Trinajstić information content (AvgIpc) is 2.34. The van der Waals surface area contributed by atoms with Crippen LogP contribution >= 0.6 is 11.8 Å². The van der Waals surface area contributed by atoms with Crippen molar-refractivity contribution in [1.82, 2.24) is 0 Å². The molecule has 0 aliphatic heterocycles. The van der Waals surface area contributed by atoms with Crippen LogP contribution in [0.2, 0.25) is 0 Å². The number of nitrogens with zero attached hydrogens (tertiary/aromatic N) is 1. The zero-order chi connectivity index (χ0) is 14.4. The number of aryl methyl sites for hydroxylation is 1. The van der Waals surface area contributed by atoms with Crippen LogP contribution in [-0.4, -0.2) is 40.1 Å². The highest BCUT2D eigenvalue weighted by Gasteiger charge is 2.16. The molecule has 1 aromatic rings. The van der Waals surface area contributed by atoms with Crippen LogP contribution in [0.3, 0.4) is 0 Å². The lowest BCUT2D eigenvalue weighted by atomic mass is 10.1. The van der Waals surface area contributed by atoms with E-state index in [1.807, 2.05) is 13.8 Å². The molecule has 6 heteroatoms. The van der Waals surface area contributed by atoms with E-state index in [4.69, 9.17) is 5.11 Å². The van der Waals surface area contributed by atoms with E-state index in [1.54, 1.807) is 23.1 Å². The van der Waals surface area contributed by atoms with Gasteiger partial charge >= 0.3 is 5.97 Å². The molecule has 0 heterocycles. The zero-order valence-electron chi connectivity index (χ0n) is 10.9. The standard InChI is InChI=1S/C13H17NO4S/c1-3-14(12(16)7-19-8-13(17)18)11-6-10(15)5-4-9(11)2/h4-6,15H,3,7-8H2,1-2H3,(H,17,18). The van der Waals surface area contributed by atoms with Crippen molar-refractivity contribution in [3.8, 4) is 5.75 Å². The van der Waals surface area contributed by atoms with E-state index in [-0.39, 0.29) is 23.2 Å². The number of benzene rings is 1. The predicted octanol–water partition coefficient (Wildman–Crippen LogP) is 1.87. The second-order valence-electron chi connectivity index (χ2n) is 4.00. The van der Waals surface area contributed by atoms with Gasteiger partial charge in [0.15, 0.2) is 0 Å². The lowest BCUT2D eigenvalue weighted by molar-refractivity contribution is -0.133. The largest absolute Gasteiger partial charge is 0.508 e. The van der Waals surface area contributed by atoms with E-state index in [9.17, 15) is 14.7 Å². The minimum Gasteiger partial charge on any atom is -0.508 e. The Kier molecular flexibility index (Phi) is 5.69. The van der Waals surface area contributed by atoms with Crippen molar-refractivity contribution < 1.29 is 19.8 Å². The number of anilines is 1. The van der Waals surface area contributed by atoms with Crippen molar-refractivity contribution >= 4 is 29.3 Å². The Morgan fingerprint density at radius 3 is 2.58 bits per heavy atom. The van der Waals surface area contributed by atoms with Gasteiger partial charge in [-0.15, -0.1) is 11.8 Å². The number of amides is 1. The van der Waals surface area contributed by atoms with Gasteiger partial charge in [0.25, 0.3) is 0 Å². The summed E-state index contributed by atoms with van der Waals surface area (Å²) in [5.41, 5.74) is 1.54. The summed E-state index contributed by atoms with van der Waals surface area (Å²) < 4.78 is 0. The van der Waals surface area contributed by atoms with E-state index >= 15 is 0 Å². The molecule has 0 bridgehead atoms. The molecule has 0 atom stereocenters. The summed E-state index contributed by atoms with van der Waals surface area (Å²) in [5.74, 6) is -0.987. The number of hydrogen-bond donors (Lipinski definition) is 2. The summed E-state index contributed by atoms with van der Waals surface area (Å²) in [7, 11) is 0. The van der Waals surface area contributed by atoms with Crippen LogP contribution in [0.5, 0.6) is 5.75 Å². The minimum atomic E-state index is -0.936. The summed E-state index contributed by atoms with van der Waals surface area (Å²) in [6, 6.07) is 4.85. The van der Waals surface area contributed by atoms with Crippen molar-refractivity contribution in [3.63, 3.8) is 0 Å². The quantitative estimate of drug-likeness (QED) is 0.833. The van der Waals surface area contributed by atoms with Crippen LogP contribution in [-0.2, 0) is 9.59 Å². The maximum absolute atomic E-state index is 12.1. The minimum absolute atomic E-state index is 0.0949. The van der Waals surface area contributed by atoms with Gasteiger partial charge in [-0.3, -0.25) is 9.59 Å². The van der Waals surface area contributed by atoms with Crippen LogP contribution in [0.4, 0.5) is 5.69 Å². The number of phenols is 1. The predicted molar refractivity (Wildman–Crippen MR) is 75.8 cm³/mol. The summed E-state index contributed by atoms with van der Waals surface area (Å²) in [5, 5.41) is 18.0. The lowest BCUT2D eigenvalue weighted by Gasteiger charge is -2.23. The van der Waals surface area contributed by atoms with Gasteiger partial charge in [0.2, 0.25) is 5.91 Å². The molecule has 0 aromatic heterocycles. The Morgan fingerprint density at radius 1 is 1.32 bits per heavy atom. The number of aliphatic carboxylic acids is 1. The van der Waals surface area contributed by atoms with Gasteiger partial charge in [0, 0.05) is 12.6 Å². The third-order valence-electron chi connectivity index (χ3n) is 2.55. The molecule has 0 radical (unpaired) electrons. The molecule has 0 saturated carbocycles. The normalized spacial score (nSPS) is 10.2. The first-order chi connectivity index (χ1) is 8.95. The summed E-state index contributed by atoms with van der Waals surface area (Å²) >= 11 is 1.06. The molecule has 0 fully saturated rings. The number of carboxylic acids is 1. The van der Waals surface area contributed by atoms with Gasteiger partial charge in [0.1, 0.15) is 5.75 Å². The van der Waals surface area contributed by atoms with Gasteiger partial charge < -0.3 is 15.1 Å². The molecule has 0 saturated heterocycles. The Balaban J connectivity index is 2.79. The molecule has 0 aliphatic carbocycles. The third kappa shape index (κ3) is 4.48. The van der Waals surface area contributed by atoms with Crippen LogP contribution < -0.4 is 4.90 Å². The average molecular weight is 283 g/mol. The van der Waals surface area contributed by atoms with Crippen molar-refractivity contribution in [2.24, 2.45) is 0 Å². The monoisotopic (exact) mass is 283 g/mol. The van der Waals surface area contributed by atoms with Crippen LogP contribution in [0, 0.1) is 6.92 Å². The number of thioether (sulfide) groups is 1. The number of carbonyl (C=O) groups is 2. The molecule has 1 amide bonds. The second kappa shape index (κ2) is 7.04. The Bertz CT molecular complexity index is 476. The fraction of sp³-hybridized carbons (Fsp3) is 0.385. The van der Waals surface area contributed by atoms with E-state index < -0.39 is 5.97 Å². The fourth-order valence-electron chi connectivity index (χ4n) is 1.67. The maximum atomic E-state index is 12.1. The van der Waals surface area contributed by atoms with Crippen molar-refractivity contribution in [1.29, 1.82) is 0 Å². The number of rotatable bonds is 6. The van der Waals surface area contributed by atoms with Gasteiger partial charge in [-0.1, -0.05) is 6.07 Å². The Hall–Kier alpha value is -1.69. The number of hydrogen-bond acceptors (Lipinski definition) is 4. The lowest BCUT2D eigenvalue weighted by Crippen LogP contribution is -2.33. The molecule has 104 valence electrons. The van der Waals surface area contributed by atoms with Crippen molar-refractivity contribution in [3.05, 3.63) is 23.8 Å². The second-order valence-corrected chi connectivity index (χ2v) is 4.98. The SMILES string of the molecule is CCN(C(=O)CSCC(=O)O)c1cc(O)ccc1C. The summed E-state index contributed by atoms with van der Waals surface area (Å²) in [4.78, 5) is 24.0. The van der Waals surface area contributed by atoms with Crippen molar-refractivity contribution in [2.45, 2.75) is 13.8 Å². The molecular weight excluding hydrogens is 266 g/mol.